The van der Waals surface area contributed by atoms with Gasteiger partial charge in [0, 0.05) is 44.0 Å². The molecule has 0 saturated carbocycles. The normalized spacial score (nSPS) is 23.3. The third-order valence-corrected chi connectivity index (χ3v) is 7.45. The van der Waals surface area contributed by atoms with E-state index in [0.29, 0.717) is 11.9 Å². The molecule has 0 radical (unpaired) electrons. The van der Waals surface area contributed by atoms with Crippen LogP contribution in [-0.4, -0.2) is 71.0 Å². The van der Waals surface area contributed by atoms with Gasteiger partial charge < -0.3 is 14.7 Å². The van der Waals surface area contributed by atoms with E-state index >= 15 is 0 Å². The highest BCUT2D eigenvalue weighted by Gasteiger charge is 2.33. The van der Waals surface area contributed by atoms with Crippen molar-refractivity contribution in [2.24, 2.45) is 5.92 Å². The lowest BCUT2D eigenvalue weighted by atomic mass is 9.94. The second-order valence-corrected chi connectivity index (χ2v) is 9.54. The van der Waals surface area contributed by atoms with Crippen LogP contribution in [0.5, 0.6) is 0 Å². The monoisotopic (exact) mass is 433 g/mol. The fourth-order valence-corrected chi connectivity index (χ4v) is 5.63. The minimum atomic E-state index is 0.0745. The molecule has 6 heteroatoms. The number of benzene rings is 1. The fourth-order valence-electron chi connectivity index (χ4n) is 5.63. The summed E-state index contributed by atoms with van der Waals surface area (Å²) in [5.74, 6) is 2.10. The number of carbonyl (C=O) groups excluding carboxylic acids is 1. The van der Waals surface area contributed by atoms with Crippen molar-refractivity contribution < 1.29 is 4.79 Å². The molecule has 0 spiro atoms. The van der Waals surface area contributed by atoms with Crippen molar-refractivity contribution in [3.63, 3.8) is 0 Å². The number of rotatable bonds is 4. The summed E-state index contributed by atoms with van der Waals surface area (Å²) in [7, 11) is 0. The highest BCUT2D eigenvalue weighted by molar-refractivity contribution is 5.80. The lowest BCUT2D eigenvalue weighted by Gasteiger charge is -2.42. The van der Waals surface area contributed by atoms with Crippen molar-refractivity contribution in [2.75, 3.05) is 44.2 Å². The number of carbonyl (C=O) groups is 1. The van der Waals surface area contributed by atoms with Gasteiger partial charge in [0.2, 0.25) is 5.91 Å². The molecule has 1 atom stereocenters. The lowest BCUT2D eigenvalue weighted by Crippen LogP contribution is -2.51. The Kier molecular flexibility index (Phi) is 6.67. The molecule has 32 heavy (non-hydrogen) atoms. The van der Waals surface area contributed by atoms with Crippen molar-refractivity contribution in [1.29, 1.82) is 0 Å². The first kappa shape index (κ1) is 21.4. The Labute approximate surface area is 191 Å². The van der Waals surface area contributed by atoms with E-state index in [9.17, 15) is 4.79 Å². The lowest BCUT2D eigenvalue weighted by molar-refractivity contribution is -0.137. The summed E-state index contributed by atoms with van der Waals surface area (Å²) in [6, 6.07) is 12.8. The topological polar surface area (TPSA) is 52.6 Å². The van der Waals surface area contributed by atoms with Crippen LogP contribution in [0.4, 0.5) is 5.82 Å². The molecule has 3 aliphatic rings. The number of piperidine rings is 3. The van der Waals surface area contributed by atoms with Gasteiger partial charge in [0.05, 0.1) is 5.92 Å². The SMILES string of the molecule is O=C(C1CCCN(c2ccnc(-c3ccccc3)n2)C1)N1CCC(N2CCCCC2)CC1. The highest BCUT2D eigenvalue weighted by Crippen LogP contribution is 2.27. The smallest absolute Gasteiger partial charge is 0.227 e. The summed E-state index contributed by atoms with van der Waals surface area (Å²) in [4.78, 5) is 29.7. The van der Waals surface area contributed by atoms with Gasteiger partial charge in [0.15, 0.2) is 5.82 Å². The van der Waals surface area contributed by atoms with E-state index in [2.05, 4.69) is 19.7 Å². The molecule has 1 amide bonds. The Balaban J connectivity index is 1.20. The largest absolute Gasteiger partial charge is 0.356 e. The molecule has 6 nitrogen and oxygen atoms in total. The fraction of sp³-hybridized carbons (Fsp3) is 0.577. The average molecular weight is 434 g/mol. The van der Waals surface area contributed by atoms with E-state index in [4.69, 9.17) is 4.98 Å². The first-order valence-corrected chi connectivity index (χ1v) is 12.4. The molecular weight excluding hydrogens is 398 g/mol. The molecule has 1 unspecified atom stereocenters. The summed E-state index contributed by atoms with van der Waals surface area (Å²) in [5.41, 5.74) is 1.02. The van der Waals surface area contributed by atoms with Crippen LogP contribution in [0.1, 0.15) is 44.9 Å². The molecule has 3 fully saturated rings. The Morgan fingerprint density at radius 2 is 1.62 bits per heavy atom. The van der Waals surface area contributed by atoms with Crippen LogP contribution in [0, 0.1) is 5.92 Å². The zero-order valence-electron chi connectivity index (χ0n) is 19.0. The third-order valence-electron chi connectivity index (χ3n) is 7.45. The van der Waals surface area contributed by atoms with Crippen molar-refractivity contribution in [1.82, 2.24) is 19.8 Å². The van der Waals surface area contributed by atoms with E-state index in [1.54, 1.807) is 0 Å². The second kappa shape index (κ2) is 9.99. The van der Waals surface area contributed by atoms with Crippen LogP contribution < -0.4 is 4.90 Å². The molecule has 3 aliphatic heterocycles. The number of amides is 1. The summed E-state index contributed by atoms with van der Waals surface area (Å²) in [6.07, 6.45) is 10.2. The van der Waals surface area contributed by atoms with Crippen LogP contribution in [0.15, 0.2) is 42.6 Å². The maximum Gasteiger partial charge on any atom is 0.227 e. The summed E-state index contributed by atoms with van der Waals surface area (Å²) in [5, 5.41) is 0. The predicted octanol–water partition coefficient (Wildman–Crippen LogP) is 3.84. The van der Waals surface area contributed by atoms with Gasteiger partial charge in [-0.15, -0.1) is 0 Å². The van der Waals surface area contributed by atoms with Crippen LogP contribution in [0.25, 0.3) is 11.4 Å². The summed E-state index contributed by atoms with van der Waals surface area (Å²) < 4.78 is 0. The standard InChI is InChI=1S/C26H35N5O/c32-26(30-18-12-23(13-19-30)29-15-5-2-6-16-29)22-10-7-17-31(20-22)24-11-14-27-25(28-24)21-8-3-1-4-9-21/h1,3-4,8-9,11,14,22-23H,2,5-7,10,12-13,15-20H2. The molecule has 4 heterocycles. The number of anilines is 1. The average Bonchev–Trinajstić information content (AvgIpc) is 2.89. The number of hydrogen-bond donors (Lipinski definition) is 0. The molecule has 5 rings (SSSR count). The van der Waals surface area contributed by atoms with Gasteiger partial charge in [-0.2, -0.15) is 0 Å². The van der Waals surface area contributed by atoms with E-state index in [0.717, 1.165) is 69.1 Å². The van der Waals surface area contributed by atoms with Gasteiger partial charge in [-0.25, -0.2) is 9.97 Å². The van der Waals surface area contributed by atoms with Crippen molar-refractivity contribution in [3.05, 3.63) is 42.6 Å². The van der Waals surface area contributed by atoms with Crippen LogP contribution in [-0.2, 0) is 4.79 Å². The van der Waals surface area contributed by atoms with Crippen molar-refractivity contribution in [3.8, 4) is 11.4 Å². The van der Waals surface area contributed by atoms with E-state index in [1.807, 2.05) is 42.6 Å². The molecule has 3 saturated heterocycles. The van der Waals surface area contributed by atoms with Crippen LogP contribution in [0.2, 0.25) is 0 Å². The number of aromatic nitrogens is 2. The summed E-state index contributed by atoms with van der Waals surface area (Å²) in [6.45, 7) is 6.05. The van der Waals surface area contributed by atoms with Gasteiger partial charge in [0.1, 0.15) is 5.82 Å². The molecule has 2 aromatic rings. The second-order valence-electron chi connectivity index (χ2n) is 9.54. The van der Waals surface area contributed by atoms with E-state index in [1.165, 1.54) is 32.4 Å². The summed E-state index contributed by atoms with van der Waals surface area (Å²) >= 11 is 0. The minimum absolute atomic E-state index is 0.0745. The number of hydrogen-bond acceptors (Lipinski definition) is 5. The van der Waals surface area contributed by atoms with Gasteiger partial charge in [-0.3, -0.25) is 4.79 Å². The van der Waals surface area contributed by atoms with Gasteiger partial charge in [-0.05, 0) is 57.7 Å². The molecule has 170 valence electrons. The quantitative estimate of drug-likeness (QED) is 0.733. The molecule has 1 aromatic carbocycles. The highest BCUT2D eigenvalue weighted by atomic mass is 16.2. The zero-order valence-corrected chi connectivity index (χ0v) is 19.0. The van der Waals surface area contributed by atoms with Crippen LogP contribution >= 0.6 is 0 Å². The first-order chi connectivity index (χ1) is 15.8. The maximum atomic E-state index is 13.4. The van der Waals surface area contributed by atoms with Gasteiger partial charge in [0.25, 0.3) is 0 Å². The molecular formula is C26H35N5O. The number of nitrogens with zero attached hydrogens (tertiary/aromatic N) is 5. The molecule has 0 bridgehead atoms. The van der Waals surface area contributed by atoms with Crippen molar-refractivity contribution >= 4 is 11.7 Å². The Morgan fingerprint density at radius 1 is 0.844 bits per heavy atom. The maximum absolute atomic E-state index is 13.4. The third kappa shape index (κ3) is 4.80. The Hall–Kier alpha value is -2.47. The van der Waals surface area contributed by atoms with Gasteiger partial charge >= 0.3 is 0 Å². The number of likely N-dealkylation sites (tertiary alicyclic amines) is 2. The predicted molar refractivity (Wildman–Crippen MR) is 127 cm³/mol. The van der Waals surface area contributed by atoms with Gasteiger partial charge in [-0.1, -0.05) is 36.8 Å². The molecule has 0 aliphatic carbocycles. The Bertz CT molecular complexity index is 890. The minimum Gasteiger partial charge on any atom is -0.356 e. The first-order valence-electron chi connectivity index (χ1n) is 12.4. The Morgan fingerprint density at radius 3 is 2.41 bits per heavy atom. The zero-order chi connectivity index (χ0) is 21.8. The van der Waals surface area contributed by atoms with E-state index < -0.39 is 0 Å². The molecule has 0 N–H and O–H groups in total. The van der Waals surface area contributed by atoms with E-state index in [-0.39, 0.29) is 5.92 Å². The van der Waals surface area contributed by atoms with Crippen LogP contribution in [0.3, 0.4) is 0 Å². The molecule has 1 aromatic heterocycles. The van der Waals surface area contributed by atoms with Crippen molar-refractivity contribution in [2.45, 2.75) is 51.0 Å².